The summed E-state index contributed by atoms with van der Waals surface area (Å²) in [5, 5.41) is 2.99. The van der Waals surface area contributed by atoms with E-state index >= 15 is 0 Å². The molecule has 0 spiro atoms. The number of hydrogen-bond acceptors (Lipinski definition) is 6. The third kappa shape index (κ3) is 3.15. The highest BCUT2D eigenvalue weighted by Gasteiger charge is 2.27. The van der Waals surface area contributed by atoms with Gasteiger partial charge in [-0.1, -0.05) is 18.2 Å². The Balaban J connectivity index is 1.41. The smallest absolute Gasteiger partial charge is 0.227 e. The summed E-state index contributed by atoms with van der Waals surface area (Å²) >= 11 is 1.19. The Morgan fingerprint density at radius 2 is 2.20 bits per heavy atom. The number of nitrogens with zero attached hydrogens (tertiary/aromatic N) is 2. The van der Waals surface area contributed by atoms with Crippen LogP contribution < -0.4 is 14.8 Å². The molecular weight excluding hydrogens is 338 g/mol. The molecule has 1 amide bonds. The van der Waals surface area contributed by atoms with Crippen LogP contribution in [-0.2, 0) is 17.8 Å². The summed E-state index contributed by atoms with van der Waals surface area (Å²) in [6.07, 6.45) is 0.646. The van der Waals surface area contributed by atoms with Crippen LogP contribution in [0.5, 0.6) is 11.5 Å². The Hall–Kier alpha value is -2.67. The van der Waals surface area contributed by atoms with Crippen LogP contribution in [0.4, 0.5) is 0 Å². The molecule has 0 fully saturated rings. The minimum atomic E-state index is -0.204. The van der Waals surface area contributed by atoms with Gasteiger partial charge in [0.05, 0.1) is 24.8 Å². The second-order valence-corrected chi connectivity index (χ2v) is 6.49. The maximum Gasteiger partial charge on any atom is 0.227 e. The third-order valence-corrected chi connectivity index (χ3v) is 4.89. The second-order valence-electron chi connectivity index (χ2n) is 5.97. The number of amides is 1. The van der Waals surface area contributed by atoms with E-state index in [4.69, 9.17) is 9.47 Å². The van der Waals surface area contributed by atoms with E-state index in [9.17, 15) is 4.79 Å². The molecule has 4 rings (SSSR count). The van der Waals surface area contributed by atoms with Crippen molar-refractivity contribution in [1.82, 2.24) is 14.1 Å². The Morgan fingerprint density at radius 1 is 1.32 bits per heavy atom. The van der Waals surface area contributed by atoms with Crippen molar-refractivity contribution in [1.29, 1.82) is 0 Å². The minimum absolute atomic E-state index is 0.00929. The van der Waals surface area contributed by atoms with Gasteiger partial charge in [-0.05, 0) is 35.7 Å². The number of fused-ring (bicyclic) bond motifs is 2. The number of carbonyl (C=O) groups excluding carboxylic acids is 1. The molecule has 1 aliphatic heterocycles. The number of aromatic nitrogens is 2. The van der Waals surface area contributed by atoms with Gasteiger partial charge in [0, 0.05) is 6.54 Å². The van der Waals surface area contributed by atoms with Crippen molar-refractivity contribution in [2.75, 3.05) is 13.7 Å². The van der Waals surface area contributed by atoms with E-state index in [1.807, 2.05) is 36.4 Å². The van der Waals surface area contributed by atoms with E-state index in [1.165, 1.54) is 11.7 Å². The lowest BCUT2D eigenvalue weighted by molar-refractivity contribution is -0.126. The monoisotopic (exact) mass is 355 g/mol. The third-order valence-electron chi connectivity index (χ3n) is 4.33. The van der Waals surface area contributed by atoms with Crippen LogP contribution in [0.1, 0.15) is 11.1 Å². The lowest BCUT2D eigenvalue weighted by Crippen LogP contribution is -2.37. The Bertz CT molecular complexity index is 925. The van der Waals surface area contributed by atoms with Crippen molar-refractivity contribution in [2.45, 2.75) is 13.0 Å². The van der Waals surface area contributed by atoms with Crippen molar-refractivity contribution in [2.24, 2.45) is 5.92 Å². The highest BCUT2D eigenvalue weighted by atomic mass is 32.1. The van der Waals surface area contributed by atoms with Crippen LogP contribution in [0.25, 0.3) is 11.0 Å². The summed E-state index contributed by atoms with van der Waals surface area (Å²) < 4.78 is 19.5. The fraction of sp³-hybridized carbons (Fsp3) is 0.278. The summed E-state index contributed by atoms with van der Waals surface area (Å²) in [7, 11) is 1.62. The number of hydrogen-bond donors (Lipinski definition) is 1. The number of para-hydroxylation sites is 1. The molecule has 128 valence electrons. The maximum atomic E-state index is 12.5. The average Bonchev–Trinajstić information content (AvgIpc) is 3.12. The van der Waals surface area contributed by atoms with Gasteiger partial charge in [-0.3, -0.25) is 4.79 Å². The van der Waals surface area contributed by atoms with Crippen molar-refractivity contribution < 1.29 is 14.3 Å². The zero-order valence-electron chi connectivity index (χ0n) is 13.7. The maximum absolute atomic E-state index is 12.5. The van der Waals surface area contributed by atoms with Gasteiger partial charge in [-0.25, -0.2) is 0 Å². The summed E-state index contributed by atoms with van der Waals surface area (Å²) in [5.41, 5.74) is 3.75. The second kappa shape index (κ2) is 6.68. The van der Waals surface area contributed by atoms with Crippen LogP contribution in [0, 0.1) is 5.92 Å². The normalized spacial score (nSPS) is 16.1. The SMILES string of the molecule is COc1cccc2c1OC[C@H](C(=O)NCc1ccc3nsnc3c1)C2. The molecule has 0 radical (unpaired) electrons. The molecule has 25 heavy (non-hydrogen) atoms. The van der Waals surface area contributed by atoms with Crippen LogP contribution in [-0.4, -0.2) is 28.4 Å². The van der Waals surface area contributed by atoms with E-state index in [0.29, 0.717) is 25.3 Å². The minimum Gasteiger partial charge on any atom is -0.493 e. The quantitative estimate of drug-likeness (QED) is 0.779. The van der Waals surface area contributed by atoms with Crippen molar-refractivity contribution >= 4 is 28.7 Å². The highest BCUT2D eigenvalue weighted by molar-refractivity contribution is 7.00. The first-order chi connectivity index (χ1) is 12.2. The van der Waals surface area contributed by atoms with E-state index < -0.39 is 0 Å². The summed E-state index contributed by atoms with van der Waals surface area (Å²) in [5.74, 6) is 1.24. The number of ether oxygens (including phenoxy) is 2. The molecule has 0 unspecified atom stereocenters. The van der Waals surface area contributed by atoms with Gasteiger partial charge in [0.1, 0.15) is 17.6 Å². The Kier molecular flexibility index (Phi) is 4.23. The van der Waals surface area contributed by atoms with E-state index in [1.54, 1.807) is 7.11 Å². The van der Waals surface area contributed by atoms with Crippen molar-refractivity contribution in [3.05, 3.63) is 47.5 Å². The standard InChI is InChI=1S/C18H17N3O3S/c1-23-16-4-2-3-12-8-13(10-24-17(12)16)18(22)19-9-11-5-6-14-15(7-11)21-25-20-14/h2-7,13H,8-10H2,1H3,(H,19,22)/t13-/m1/s1. The molecule has 1 N–H and O–H groups in total. The lowest BCUT2D eigenvalue weighted by Gasteiger charge is -2.25. The van der Waals surface area contributed by atoms with Gasteiger partial charge in [0.15, 0.2) is 11.5 Å². The Morgan fingerprint density at radius 3 is 3.08 bits per heavy atom. The highest BCUT2D eigenvalue weighted by Crippen LogP contribution is 2.36. The zero-order chi connectivity index (χ0) is 17.2. The lowest BCUT2D eigenvalue weighted by atomic mass is 9.95. The molecule has 1 aliphatic rings. The molecule has 7 heteroatoms. The first-order valence-electron chi connectivity index (χ1n) is 8.02. The van der Waals surface area contributed by atoms with Crippen LogP contribution >= 0.6 is 11.7 Å². The van der Waals surface area contributed by atoms with Gasteiger partial charge < -0.3 is 14.8 Å². The predicted octanol–water partition coefficient (Wildman–Crippen LogP) is 2.57. The average molecular weight is 355 g/mol. The Labute approximate surface area is 149 Å². The molecule has 0 saturated heterocycles. The molecule has 6 nitrogen and oxygen atoms in total. The van der Waals surface area contributed by atoms with Gasteiger partial charge in [-0.2, -0.15) is 8.75 Å². The van der Waals surface area contributed by atoms with Crippen LogP contribution in [0.3, 0.4) is 0 Å². The molecule has 1 aromatic heterocycles. The molecule has 0 bridgehead atoms. The molecule has 0 aliphatic carbocycles. The number of rotatable bonds is 4. The predicted molar refractivity (Wildman–Crippen MR) is 94.9 cm³/mol. The van der Waals surface area contributed by atoms with Crippen LogP contribution in [0.15, 0.2) is 36.4 Å². The molecule has 3 aromatic rings. The molecule has 1 atom stereocenters. The summed E-state index contributed by atoms with van der Waals surface area (Å²) in [6, 6.07) is 11.6. The van der Waals surface area contributed by atoms with Gasteiger partial charge >= 0.3 is 0 Å². The number of carbonyl (C=O) groups is 1. The first-order valence-corrected chi connectivity index (χ1v) is 8.75. The largest absolute Gasteiger partial charge is 0.493 e. The molecule has 2 aromatic carbocycles. The van der Waals surface area contributed by atoms with Gasteiger partial charge in [0.2, 0.25) is 5.91 Å². The van der Waals surface area contributed by atoms with Crippen LogP contribution in [0.2, 0.25) is 0 Å². The van der Waals surface area contributed by atoms with Gasteiger partial charge in [0.25, 0.3) is 0 Å². The fourth-order valence-corrected chi connectivity index (χ4v) is 3.51. The zero-order valence-corrected chi connectivity index (χ0v) is 14.5. The number of methoxy groups -OCH3 is 1. The molecular formula is C18H17N3O3S. The number of benzene rings is 2. The first kappa shape index (κ1) is 15.8. The number of nitrogens with one attached hydrogen (secondary N) is 1. The van der Waals surface area contributed by atoms with Gasteiger partial charge in [-0.15, -0.1) is 0 Å². The van der Waals surface area contributed by atoms with E-state index in [-0.39, 0.29) is 11.8 Å². The summed E-state index contributed by atoms with van der Waals surface area (Å²) in [6.45, 7) is 0.821. The van der Waals surface area contributed by atoms with Crippen molar-refractivity contribution in [3.8, 4) is 11.5 Å². The van der Waals surface area contributed by atoms with E-state index in [2.05, 4.69) is 14.1 Å². The summed E-state index contributed by atoms with van der Waals surface area (Å²) in [4.78, 5) is 12.5. The topological polar surface area (TPSA) is 73.3 Å². The van der Waals surface area contributed by atoms with Crippen molar-refractivity contribution in [3.63, 3.8) is 0 Å². The molecule has 0 saturated carbocycles. The van der Waals surface area contributed by atoms with E-state index in [0.717, 1.165) is 27.9 Å². The molecule has 2 heterocycles. The fourth-order valence-electron chi connectivity index (χ4n) is 2.99.